The average molecular weight is 2000 g/mol. The smallest absolute Gasteiger partial charge is 0.246 e. The van der Waals surface area contributed by atoms with Crippen molar-refractivity contribution >= 4 is 128 Å². The second-order valence-electron chi connectivity index (χ2n) is 37.7. The Bertz CT molecular complexity index is 5400. The Morgan fingerprint density at radius 2 is 0.604 bits per heavy atom. The number of hydrogen-bond donors (Lipinski definition) is 30. The van der Waals surface area contributed by atoms with E-state index in [0.29, 0.717) is 56.9 Å². The number of phenols is 2. The van der Waals surface area contributed by atoms with Gasteiger partial charge in [-0.3, -0.25) is 88.8 Å². The predicted octanol–water partition coefficient (Wildman–Crippen LogP) is -1.45. The Labute approximate surface area is 836 Å². The molecule has 3 aliphatic rings. The zero-order chi connectivity index (χ0) is 105. The summed E-state index contributed by atoms with van der Waals surface area (Å²) in [6, 6.07) is 4.68. The maximum atomic E-state index is 15.7. The van der Waals surface area contributed by atoms with Gasteiger partial charge in [0.15, 0.2) is 23.8 Å². The second kappa shape index (κ2) is 56.7. The number of aromatic amines is 2. The number of phenolic OH excluding ortho intramolecular Hbond substituents is 2. The first-order valence-electron chi connectivity index (χ1n) is 49.5. The highest BCUT2D eigenvalue weighted by atomic mass is 16.3. The largest absolute Gasteiger partial charge is 0.508 e. The molecule has 0 aliphatic carbocycles. The van der Waals surface area contributed by atoms with E-state index in [9.17, 15) is 10.2 Å². The minimum Gasteiger partial charge on any atom is -0.508 e. The van der Waals surface area contributed by atoms with Crippen molar-refractivity contribution in [1.82, 2.24) is 105 Å². The van der Waals surface area contributed by atoms with Crippen LogP contribution < -0.4 is 119 Å². The summed E-state index contributed by atoms with van der Waals surface area (Å²) in [4.78, 5) is 226. The van der Waals surface area contributed by atoms with Crippen molar-refractivity contribution in [3.05, 3.63) is 132 Å². The Hall–Kier alpha value is -14.9. The van der Waals surface area contributed by atoms with E-state index < -0.39 is 197 Å². The molecule has 46 heteroatoms. The number of para-hydroxylation sites is 2. The lowest BCUT2D eigenvalue weighted by Crippen LogP contribution is -2.62. The lowest BCUT2D eigenvalue weighted by molar-refractivity contribution is -0.148. The zero-order valence-corrected chi connectivity index (χ0v) is 82.2. The van der Waals surface area contributed by atoms with Crippen LogP contribution in [0.3, 0.4) is 0 Å². The van der Waals surface area contributed by atoms with Crippen LogP contribution in [0.4, 0.5) is 0 Å². The minimum atomic E-state index is -1.64. The number of hydrogen-bond acceptors (Lipinski definition) is 22. The van der Waals surface area contributed by atoms with Gasteiger partial charge in [0.2, 0.25) is 82.7 Å². The van der Waals surface area contributed by atoms with E-state index in [-0.39, 0.29) is 211 Å². The van der Waals surface area contributed by atoms with E-state index in [4.69, 9.17) is 56.0 Å². The lowest BCUT2D eigenvalue weighted by atomic mass is 9.99. The van der Waals surface area contributed by atoms with Crippen LogP contribution in [-0.2, 0) is 92.8 Å². The number of rotatable bonds is 36. The normalized spacial score (nSPS) is 22.9. The second-order valence-corrected chi connectivity index (χ2v) is 37.7. The van der Waals surface area contributed by atoms with E-state index in [2.05, 4.69) is 95.0 Å². The number of aromatic nitrogens is 2. The van der Waals surface area contributed by atoms with Gasteiger partial charge in [0, 0.05) is 99.2 Å². The topological polar surface area (TPSA) is 762 Å². The number of benzene rings is 4. The van der Waals surface area contributed by atoms with Gasteiger partial charge in [0.1, 0.15) is 96.1 Å². The van der Waals surface area contributed by atoms with E-state index in [1.54, 1.807) is 88.6 Å². The number of carbonyl (C=O) groups excluding carboxylic acids is 14. The number of nitrogens with two attached hydrogens (primary N) is 6. The van der Waals surface area contributed by atoms with Gasteiger partial charge in [-0.1, -0.05) is 88.4 Å². The molecule has 0 spiro atoms. The number of H-pyrrole nitrogens is 2. The number of aromatic hydroxyl groups is 2. The van der Waals surface area contributed by atoms with Crippen molar-refractivity contribution in [2.24, 2.45) is 46.2 Å². The summed E-state index contributed by atoms with van der Waals surface area (Å²) >= 11 is 0. The minimum absolute atomic E-state index is 0.0110. The number of guanidine groups is 4. The number of unbranched alkanes of at least 4 members (excludes halogenated alkanes) is 2. The Balaban J connectivity index is 1.16. The highest BCUT2D eigenvalue weighted by Gasteiger charge is 2.46. The molecule has 784 valence electrons. The van der Waals surface area contributed by atoms with Crippen LogP contribution in [0.2, 0.25) is 0 Å². The number of fused-ring (bicyclic) bond motifs is 4. The molecule has 9 rings (SSSR count). The quantitative estimate of drug-likeness (QED) is 0.0121. The maximum Gasteiger partial charge on any atom is 0.246 e. The molecule has 2 aromatic heterocycles. The number of carbonyl (C=O) groups is 14. The molecule has 0 bridgehead atoms. The monoisotopic (exact) mass is 2000 g/mol. The van der Waals surface area contributed by atoms with Crippen molar-refractivity contribution in [2.45, 2.75) is 266 Å². The first kappa shape index (κ1) is 113. The molecule has 5 heterocycles. The van der Waals surface area contributed by atoms with Gasteiger partial charge in [-0.25, -0.2) is 0 Å². The van der Waals surface area contributed by atoms with E-state index in [1.165, 1.54) is 58.3 Å². The molecule has 144 heavy (non-hydrogen) atoms. The molecule has 4 aromatic carbocycles. The summed E-state index contributed by atoms with van der Waals surface area (Å²) in [5, 5.41) is 98.8. The Morgan fingerprint density at radius 1 is 0.333 bits per heavy atom. The molecule has 3 aliphatic heterocycles. The number of nitrogens with one attached hydrogen (secondary N) is 22. The van der Waals surface area contributed by atoms with Crippen LogP contribution in [-0.4, -0.2) is 273 Å². The Kier molecular flexibility index (Phi) is 44.4. The summed E-state index contributed by atoms with van der Waals surface area (Å²) in [6.07, 6.45) is 3.20. The Morgan fingerprint density at radius 3 is 0.938 bits per heavy atom. The first-order chi connectivity index (χ1) is 68.9. The van der Waals surface area contributed by atoms with Crippen LogP contribution in [0.15, 0.2) is 109 Å². The molecule has 46 nitrogen and oxygen atoms in total. The van der Waals surface area contributed by atoms with Crippen LogP contribution in [0.25, 0.3) is 21.8 Å². The summed E-state index contributed by atoms with van der Waals surface area (Å²) in [7, 11) is 0. The van der Waals surface area contributed by atoms with Gasteiger partial charge in [0.05, 0.1) is 0 Å². The van der Waals surface area contributed by atoms with Crippen molar-refractivity contribution in [3.63, 3.8) is 0 Å². The van der Waals surface area contributed by atoms with Crippen LogP contribution >= 0.6 is 0 Å². The third-order valence-electron chi connectivity index (χ3n) is 25.4. The van der Waals surface area contributed by atoms with Gasteiger partial charge in [-0.2, -0.15) is 0 Å². The summed E-state index contributed by atoms with van der Waals surface area (Å²) < 4.78 is 0. The fourth-order valence-corrected chi connectivity index (χ4v) is 18.0. The number of amides is 14. The highest BCUT2D eigenvalue weighted by molar-refractivity contribution is 6.02. The summed E-state index contributed by atoms with van der Waals surface area (Å²) in [6.45, 7) is 7.43. The fraction of sp³-hybridized carbons (Fsp3) is 0.531. The van der Waals surface area contributed by atoms with E-state index in [0.717, 1.165) is 0 Å². The molecule has 0 radical (unpaired) electrons. The molecule has 14 amide bonds. The molecule has 0 saturated carbocycles. The van der Waals surface area contributed by atoms with Crippen LogP contribution in [0.1, 0.15) is 178 Å². The van der Waals surface area contributed by atoms with Gasteiger partial charge in [-0.05, 0) is 212 Å². The third-order valence-corrected chi connectivity index (χ3v) is 25.4. The van der Waals surface area contributed by atoms with Gasteiger partial charge < -0.3 is 149 Å². The fourth-order valence-electron chi connectivity index (χ4n) is 18.0. The average Bonchev–Trinajstić information content (AvgIpc) is 1.64. The third kappa shape index (κ3) is 35.4. The standard InChI is InChI=1S/C98H146N30O16/c1-55(2)47-73-86(136)118-68(24-10-12-40-100)82(132)115-67(23-9-11-39-99)81(131)116-69(25-13-41-109-95(101)102)83(133)117-70(26-14-42-110-96(103)104)84(134)125-77(51-59-53-113-65-21-7-5-19-63(59)65)91(141)122-74(48-56(3)4)87(137)123-76(50-58-33-37-62(130)38-34-58)89(139)124-75(49-57-31-35-61(129)36-32-57)88(138)120-72(28-16-44-112-98(107)108)93(143)128-46-18-30-80(128)94(144)127-45-17-29-79(127)92(142)119-71(27-15-43-111-97(105)106)85(135)126-78(90(140)121-73)52-60-54-114-66-22-8-6-20-64(60)66/h5-8,19-22,31-38,53-56,67-80,113-114,129-130H,9-18,23-30,39-52,99-100H2,1-4H3,(H,115,132)(H,116,131)(H,117,133)(H,118,136)(H,119,142)(H,120,138)(H,121,140)(H,122,141)(H,123,137)(H,124,139)(H,125,134)(H,126,135)(H4,101,102,109)(H4,103,104,110)(H4,105,106,111)(H4,107,108,112)/t67-,68-,69-,70-,71-,72-,73-,74-,75-,76-,77-,78-,79-,80+/m0/s1. The predicted molar refractivity (Wildman–Crippen MR) is 542 cm³/mol. The van der Waals surface area contributed by atoms with Crippen molar-refractivity contribution in [2.75, 3.05) is 52.4 Å². The summed E-state index contributed by atoms with van der Waals surface area (Å²) in [5.41, 5.74) is 38.0. The lowest BCUT2D eigenvalue weighted by Gasteiger charge is -2.34. The highest BCUT2D eigenvalue weighted by Crippen LogP contribution is 2.29. The molecule has 6 aromatic rings. The van der Waals surface area contributed by atoms with Crippen molar-refractivity contribution in [1.29, 1.82) is 21.6 Å². The number of nitrogens with zero attached hydrogens (tertiary/aromatic N) is 2. The van der Waals surface area contributed by atoms with E-state index in [1.807, 2.05) is 0 Å². The summed E-state index contributed by atoms with van der Waals surface area (Å²) in [5.74, 6) is -15.0. The first-order valence-corrected chi connectivity index (χ1v) is 49.5. The van der Waals surface area contributed by atoms with Crippen molar-refractivity contribution < 1.29 is 77.3 Å². The van der Waals surface area contributed by atoms with Crippen LogP contribution in [0, 0.1) is 33.5 Å². The van der Waals surface area contributed by atoms with Gasteiger partial charge >= 0.3 is 0 Å². The van der Waals surface area contributed by atoms with E-state index >= 15 is 67.1 Å². The molecule has 3 fully saturated rings. The molecule has 36 N–H and O–H groups in total. The van der Waals surface area contributed by atoms with Gasteiger partial charge in [-0.15, -0.1) is 0 Å². The van der Waals surface area contributed by atoms with Crippen molar-refractivity contribution in [3.8, 4) is 11.5 Å². The maximum absolute atomic E-state index is 15.7. The van der Waals surface area contributed by atoms with Gasteiger partial charge in [0.25, 0.3) is 0 Å². The molecular formula is C98H146N30O16. The molecule has 0 unspecified atom stereocenters. The zero-order valence-electron chi connectivity index (χ0n) is 82.2. The SMILES string of the molecule is CC(C)C[C@@H]1NC(=O)[C@H](Cc2c[nH]c3ccccc23)NC(=O)[C@H](CCCNC(=N)N)NC(=O)[C@H](CCCNC(=N)N)NC(=O)[C@H](CCCCN)NC(=O)[C@H](CCCCN)NC(=O)[C@H](CC(C)C)NC(=O)[C@H](Cc2c[nH]c3ccccc23)NC(=O)[C@H](CCCNC(=N)N)NC(=O)[C@@H]2CCCN2C(=O)[C@H]2CCCN2C(=O)[C@H](CCCNC(=N)N)NC(=O)[C@H](Cc2ccc(O)cc2)NC(=O)[C@H](Cc2ccc(O)cc2)NC1=O. The molecular weight excluding hydrogens is 1850 g/mol. The molecule has 3 saturated heterocycles. The molecule has 14 atom stereocenters. The van der Waals surface area contributed by atoms with Crippen LogP contribution in [0.5, 0.6) is 11.5 Å².